The Morgan fingerprint density at radius 2 is 1.87 bits per heavy atom. The minimum absolute atomic E-state index is 0.209. The largest absolute Gasteiger partial charge is 0.490 e. The molecule has 0 unspecified atom stereocenters. The summed E-state index contributed by atoms with van der Waals surface area (Å²) in [4.78, 5) is 53.6. The Labute approximate surface area is 245 Å². The number of rotatable bonds is 9. The number of carbonyl (C=O) groups excluding carboxylic acids is 4. The van der Waals surface area contributed by atoms with Gasteiger partial charge < -0.3 is 19.7 Å². The van der Waals surface area contributed by atoms with Gasteiger partial charge in [-0.3, -0.25) is 24.1 Å². The number of halogens is 1. The first-order valence-electron chi connectivity index (χ1n) is 12.7. The highest BCUT2D eigenvalue weighted by Gasteiger charge is 2.37. The highest BCUT2D eigenvalue weighted by Crippen LogP contribution is 2.37. The molecule has 4 rings (SSSR count). The topological polar surface area (TPSA) is 105 Å². The van der Waals surface area contributed by atoms with Crippen molar-refractivity contribution in [3.63, 3.8) is 0 Å². The monoisotopic (exact) mass is 663 g/mol. The number of ether oxygens (including phenoxy) is 2. The molecule has 2 fully saturated rings. The van der Waals surface area contributed by atoms with Crippen molar-refractivity contribution in [1.82, 2.24) is 9.80 Å². The Balaban J connectivity index is 1.45. The van der Waals surface area contributed by atoms with Gasteiger partial charge in [0.2, 0.25) is 5.91 Å². The minimum Gasteiger partial charge on any atom is -0.490 e. The van der Waals surface area contributed by atoms with Crippen LogP contribution in [-0.4, -0.2) is 65.6 Å². The van der Waals surface area contributed by atoms with E-state index in [1.807, 2.05) is 32.0 Å². The number of aryl methyl sites for hydroxylation is 1. The molecule has 2 aliphatic rings. The molecule has 0 spiro atoms. The molecule has 0 atom stereocenters. The zero-order valence-corrected chi connectivity index (χ0v) is 24.8. The van der Waals surface area contributed by atoms with Crippen molar-refractivity contribution < 1.29 is 28.7 Å². The predicted molar refractivity (Wildman–Crippen MR) is 159 cm³/mol. The summed E-state index contributed by atoms with van der Waals surface area (Å²) in [7, 11) is 0. The minimum atomic E-state index is -0.489. The van der Waals surface area contributed by atoms with Crippen LogP contribution in [0.2, 0.25) is 0 Å². The van der Waals surface area contributed by atoms with Crippen molar-refractivity contribution in [2.45, 2.75) is 33.1 Å². The van der Waals surface area contributed by atoms with Crippen LogP contribution in [0.25, 0.3) is 6.08 Å². The second-order valence-electron chi connectivity index (χ2n) is 9.18. The number of benzene rings is 2. The van der Waals surface area contributed by atoms with Gasteiger partial charge in [0, 0.05) is 18.8 Å². The highest BCUT2D eigenvalue weighted by atomic mass is 127. The molecule has 0 radical (unpaired) electrons. The molecule has 0 saturated carbocycles. The summed E-state index contributed by atoms with van der Waals surface area (Å²) in [5, 5.41) is 2.35. The van der Waals surface area contributed by atoms with E-state index in [0.717, 1.165) is 41.5 Å². The molecule has 2 saturated heterocycles. The molecule has 39 heavy (non-hydrogen) atoms. The van der Waals surface area contributed by atoms with Crippen LogP contribution in [0.5, 0.6) is 11.5 Å². The van der Waals surface area contributed by atoms with Gasteiger partial charge in [-0.2, -0.15) is 0 Å². The first-order valence-corrected chi connectivity index (χ1v) is 14.6. The third kappa shape index (κ3) is 7.53. The van der Waals surface area contributed by atoms with Crippen molar-refractivity contribution in [3.05, 3.63) is 56.0 Å². The second kappa shape index (κ2) is 13.3. The molecular weight excluding hydrogens is 633 g/mol. The van der Waals surface area contributed by atoms with Gasteiger partial charge >= 0.3 is 0 Å². The molecule has 2 heterocycles. The quantitative estimate of drug-likeness (QED) is 0.295. The fraction of sp³-hybridized carbons (Fsp3) is 0.357. The number of piperidine rings is 1. The van der Waals surface area contributed by atoms with E-state index in [1.54, 1.807) is 29.2 Å². The lowest BCUT2D eigenvalue weighted by atomic mass is 10.1. The maximum atomic E-state index is 13.0. The van der Waals surface area contributed by atoms with Crippen LogP contribution < -0.4 is 14.8 Å². The second-order valence-corrected chi connectivity index (χ2v) is 11.3. The molecule has 206 valence electrons. The number of anilines is 1. The van der Waals surface area contributed by atoms with E-state index in [4.69, 9.17) is 9.47 Å². The number of imide groups is 1. The van der Waals surface area contributed by atoms with E-state index in [0.29, 0.717) is 46.0 Å². The van der Waals surface area contributed by atoms with Crippen LogP contribution in [0, 0.1) is 10.5 Å². The van der Waals surface area contributed by atoms with Crippen LogP contribution >= 0.6 is 34.4 Å². The Morgan fingerprint density at radius 3 is 2.59 bits per heavy atom. The summed E-state index contributed by atoms with van der Waals surface area (Å²) >= 11 is 2.89. The first kappa shape index (κ1) is 28.9. The van der Waals surface area contributed by atoms with Gasteiger partial charge in [0.25, 0.3) is 17.1 Å². The molecule has 2 aromatic carbocycles. The van der Waals surface area contributed by atoms with Crippen LogP contribution in [0.3, 0.4) is 0 Å². The normalized spacial score (nSPS) is 16.5. The molecule has 2 aromatic rings. The van der Waals surface area contributed by atoms with E-state index in [2.05, 4.69) is 27.9 Å². The number of hydrogen-bond acceptors (Lipinski definition) is 7. The predicted octanol–water partition coefficient (Wildman–Crippen LogP) is 5.06. The molecule has 0 aliphatic carbocycles. The van der Waals surface area contributed by atoms with E-state index < -0.39 is 11.1 Å². The van der Waals surface area contributed by atoms with Gasteiger partial charge in [-0.15, -0.1) is 0 Å². The highest BCUT2D eigenvalue weighted by molar-refractivity contribution is 14.1. The number of carbonyl (C=O) groups is 4. The average Bonchev–Trinajstić information content (AvgIpc) is 3.16. The van der Waals surface area contributed by atoms with E-state index in [1.165, 1.54) is 0 Å². The van der Waals surface area contributed by atoms with E-state index in [9.17, 15) is 19.2 Å². The number of thioether (sulfide) groups is 1. The summed E-state index contributed by atoms with van der Waals surface area (Å²) in [5.74, 6) is -0.181. The molecule has 1 N–H and O–H groups in total. The standard InChI is InChI=1S/C28H30IN3O6S/c1-3-37-22-14-19(13-21(29)26(22)38-17-24(33)30-20-9-7-8-18(2)12-20)15-23-27(35)32(28(36)39-23)16-25(34)31-10-5-4-6-11-31/h7-9,12-15H,3-6,10-11,16-17H2,1-2H3,(H,30,33)/b23-15-. The van der Waals surface area contributed by atoms with Crippen molar-refractivity contribution in [1.29, 1.82) is 0 Å². The maximum Gasteiger partial charge on any atom is 0.294 e. The number of amides is 4. The van der Waals surface area contributed by atoms with Crippen LogP contribution in [-0.2, 0) is 14.4 Å². The molecule has 4 amide bonds. The van der Waals surface area contributed by atoms with Gasteiger partial charge in [0.1, 0.15) is 6.54 Å². The number of nitrogens with zero attached hydrogens (tertiary/aromatic N) is 2. The molecule has 2 aliphatic heterocycles. The summed E-state index contributed by atoms with van der Waals surface area (Å²) in [5.41, 5.74) is 2.35. The molecule has 0 aromatic heterocycles. The van der Waals surface area contributed by atoms with Crippen molar-refractivity contribution in [2.24, 2.45) is 0 Å². The third-order valence-corrected chi connectivity index (χ3v) is 7.86. The third-order valence-electron chi connectivity index (χ3n) is 6.15. The lowest BCUT2D eigenvalue weighted by molar-refractivity contribution is -0.136. The van der Waals surface area contributed by atoms with Gasteiger partial charge in [0.15, 0.2) is 18.1 Å². The van der Waals surface area contributed by atoms with Gasteiger partial charge in [-0.05, 0) is 109 Å². The van der Waals surface area contributed by atoms with E-state index in [-0.39, 0.29) is 29.9 Å². The van der Waals surface area contributed by atoms with Gasteiger partial charge in [-0.25, -0.2) is 0 Å². The summed E-state index contributed by atoms with van der Waals surface area (Å²) in [6.07, 6.45) is 4.56. The number of nitrogens with one attached hydrogen (secondary N) is 1. The smallest absolute Gasteiger partial charge is 0.294 e. The van der Waals surface area contributed by atoms with Crippen molar-refractivity contribution >= 4 is 69.1 Å². The van der Waals surface area contributed by atoms with Gasteiger partial charge in [-0.1, -0.05) is 12.1 Å². The summed E-state index contributed by atoms with van der Waals surface area (Å²) < 4.78 is 12.3. The fourth-order valence-electron chi connectivity index (χ4n) is 4.30. The molecule has 0 bridgehead atoms. The Bertz CT molecular complexity index is 1310. The van der Waals surface area contributed by atoms with Crippen LogP contribution in [0.4, 0.5) is 10.5 Å². The fourth-order valence-corrected chi connectivity index (χ4v) is 5.92. The number of likely N-dealkylation sites (tertiary alicyclic amines) is 1. The SMILES string of the molecule is CCOc1cc(/C=C2\SC(=O)N(CC(=O)N3CCCCC3)C2=O)cc(I)c1OCC(=O)Nc1cccc(C)c1. The summed E-state index contributed by atoms with van der Waals surface area (Å²) in [6.45, 7) is 4.99. The van der Waals surface area contributed by atoms with Crippen molar-refractivity contribution in [2.75, 3.05) is 38.2 Å². The molecule has 9 nitrogen and oxygen atoms in total. The maximum absolute atomic E-state index is 13.0. The van der Waals surface area contributed by atoms with Crippen molar-refractivity contribution in [3.8, 4) is 11.5 Å². The summed E-state index contributed by atoms with van der Waals surface area (Å²) in [6, 6.07) is 11.0. The Kier molecular flexibility index (Phi) is 9.89. The average molecular weight is 664 g/mol. The van der Waals surface area contributed by atoms with E-state index >= 15 is 0 Å². The molecule has 11 heteroatoms. The lowest BCUT2D eigenvalue weighted by Crippen LogP contribution is -2.44. The Morgan fingerprint density at radius 1 is 1.10 bits per heavy atom. The number of hydrogen-bond donors (Lipinski definition) is 1. The first-order chi connectivity index (χ1) is 18.7. The zero-order chi connectivity index (χ0) is 27.9. The Hall–Kier alpha value is -3.06. The van der Waals surface area contributed by atoms with Gasteiger partial charge in [0.05, 0.1) is 15.1 Å². The molecular formula is C28H30IN3O6S. The van der Waals surface area contributed by atoms with Crippen LogP contribution in [0.15, 0.2) is 41.3 Å². The zero-order valence-electron chi connectivity index (χ0n) is 21.8. The lowest BCUT2D eigenvalue weighted by Gasteiger charge is -2.27. The van der Waals surface area contributed by atoms with Crippen LogP contribution in [0.1, 0.15) is 37.3 Å².